The quantitative estimate of drug-likeness (QED) is 0.719. The zero-order valence-corrected chi connectivity index (χ0v) is 15.0. The van der Waals surface area contributed by atoms with Gasteiger partial charge in [0.25, 0.3) is 5.91 Å². The summed E-state index contributed by atoms with van der Waals surface area (Å²) in [6.45, 7) is 3.83. The van der Waals surface area contributed by atoms with Crippen LogP contribution >= 0.6 is 11.3 Å². The van der Waals surface area contributed by atoms with Gasteiger partial charge in [-0.2, -0.15) is 0 Å². The molecule has 0 fully saturated rings. The summed E-state index contributed by atoms with van der Waals surface area (Å²) in [6, 6.07) is 16.7. The molecule has 0 aliphatic rings. The molecular weight excluding hydrogens is 332 g/mol. The third-order valence-corrected chi connectivity index (χ3v) is 4.87. The summed E-state index contributed by atoms with van der Waals surface area (Å²) >= 11 is 1.36. The monoisotopic (exact) mass is 352 g/mol. The number of fused-ring (bicyclic) bond motifs is 1. The van der Waals surface area contributed by atoms with Crippen LogP contribution in [0.15, 0.2) is 60.0 Å². The smallest absolute Gasteiger partial charge is 0.262 e. The van der Waals surface area contributed by atoms with Gasteiger partial charge < -0.3 is 10.6 Å². The van der Waals surface area contributed by atoms with Crippen molar-refractivity contribution in [3.63, 3.8) is 0 Å². The summed E-state index contributed by atoms with van der Waals surface area (Å²) < 4.78 is 0. The van der Waals surface area contributed by atoms with E-state index >= 15 is 0 Å². The molecule has 0 saturated carbocycles. The van der Waals surface area contributed by atoms with Crippen molar-refractivity contribution in [2.24, 2.45) is 5.92 Å². The molecule has 0 aliphatic carbocycles. The summed E-state index contributed by atoms with van der Waals surface area (Å²) in [7, 11) is 0. The predicted molar refractivity (Wildman–Crippen MR) is 103 cm³/mol. The van der Waals surface area contributed by atoms with E-state index in [1.54, 1.807) is 6.07 Å². The molecule has 0 unspecified atom stereocenters. The number of anilines is 1. The van der Waals surface area contributed by atoms with Gasteiger partial charge in [-0.25, -0.2) is 0 Å². The molecule has 0 bridgehead atoms. The van der Waals surface area contributed by atoms with Crippen molar-refractivity contribution in [2.75, 3.05) is 5.32 Å². The standard InChI is InChI=1S/C20H20N2O2S/c1-13(2)18(22-19(23)17-8-5-11-25-17)20(24)21-16-10-9-14-6-3-4-7-15(14)12-16/h3-13,18H,1-2H3,(H,21,24)(H,22,23)/t18-/m0/s1. The molecule has 0 aliphatic heterocycles. The van der Waals surface area contributed by atoms with Gasteiger partial charge in [0.1, 0.15) is 6.04 Å². The Morgan fingerprint density at radius 3 is 2.40 bits per heavy atom. The van der Waals surface area contributed by atoms with Crippen LogP contribution in [0.5, 0.6) is 0 Å². The Hall–Kier alpha value is -2.66. The van der Waals surface area contributed by atoms with Gasteiger partial charge in [-0.1, -0.05) is 50.2 Å². The third kappa shape index (κ3) is 4.06. The van der Waals surface area contributed by atoms with Gasteiger partial charge in [0.05, 0.1) is 4.88 Å². The fraction of sp³-hybridized carbons (Fsp3) is 0.200. The van der Waals surface area contributed by atoms with Crippen LogP contribution in [-0.4, -0.2) is 17.9 Å². The summed E-state index contributed by atoms with van der Waals surface area (Å²) in [4.78, 5) is 25.5. The van der Waals surface area contributed by atoms with Crippen molar-refractivity contribution in [1.82, 2.24) is 5.32 Å². The Morgan fingerprint density at radius 1 is 0.960 bits per heavy atom. The van der Waals surface area contributed by atoms with E-state index < -0.39 is 6.04 Å². The van der Waals surface area contributed by atoms with Crippen molar-refractivity contribution in [3.05, 3.63) is 64.9 Å². The molecule has 0 radical (unpaired) electrons. The van der Waals surface area contributed by atoms with E-state index in [1.807, 2.05) is 67.8 Å². The molecule has 1 atom stereocenters. The Morgan fingerprint density at radius 2 is 1.72 bits per heavy atom. The zero-order valence-electron chi connectivity index (χ0n) is 14.2. The Kier molecular flexibility index (Phi) is 5.14. The SMILES string of the molecule is CC(C)[C@H](NC(=O)c1cccs1)C(=O)Nc1ccc2ccccc2c1. The highest BCUT2D eigenvalue weighted by Gasteiger charge is 2.25. The van der Waals surface area contributed by atoms with Crippen molar-refractivity contribution in [2.45, 2.75) is 19.9 Å². The molecule has 128 valence electrons. The first-order valence-corrected chi connectivity index (χ1v) is 9.06. The average molecular weight is 352 g/mol. The Labute approximate surface area is 150 Å². The predicted octanol–water partition coefficient (Wildman–Crippen LogP) is 4.29. The highest BCUT2D eigenvalue weighted by atomic mass is 32.1. The number of rotatable bonds is 5. The first kappa shape index (κ1) is 17.2. The van der Waals surface area contributed by atoms with E-state index in [-0.39, 0.29) is 17.7 Å². The van der Waals surface area contributed by atoms with E-state index in [1.165, 1.54) is 11.3 Å². The lowest BCUT2D eigenvalue weighted by molar-refractivity contribution is -0.118. The zero-order chi connectivity index (χ0) is 17.8. The Bertz CT molecular complexity index is 888. The number of carbonyl (C=O) groups excluding carboxylic acids is 2. The minimum atomic E-state index is -0.596. The molecule has 3 rings (SSSR count). The van der Waals surface area contributed by atoms with Gasteiger partial charge in [0.2, 0.25) is 5.91 Å². The van der Waals surface area contributed by atoms with Gasteiger partial charge in [0.15, 0.2) is 0 Å². The van der Waals surface area contributed by atoms with Gasteiger partial charge in [-0.15, -0.1) is 11.3 Å². The van der Waals surface area contributed by atoms with Crippen LogP contribution in [0.25, 0.3) is 10.8 Å². The van der Waals surface area contributed by atoms with Gasteiger partial charge >= 0.3 is 0 Å². The van der Waals surface area contributed by atoms with Crippen molar-refractivity contribution in [3.8, 4) is 0 Å². The van der Waals surface area contributed by atoms with Crippen molar-refractivity contribution >= 4 is 39.6 Å². The minimum absolute atomic E-state index is 0.0237. The summed E-state index contributed by atoms with van der Waals surface area (Å²) in [6.07, 6.45) is 0. The van der Waals surface area contributed by atoms with E-state index in [2.05, 4.69) is 10.6 Å². The number of thiophene rings is 1. The van der Waals surface area contributed by atoms with E-state index in [0.717, 1.165) is 16.5 Å². The number of amides is 2. The van der Waals surface area contributed by atoms with Crippen LogP contribution in [-0.2, 0) is 4.79 Å². The fourth-order valence-electron chi connectivity index (χ4n) is 2.64. The second kappa shape index (κ2) is 7.49. The average Bonchev–Trinajstić information content (AvgIpc) is 3.13. The van der Waals surface area contributed by atoms with Gasteiger partial charge in [-0.3, -0.25) is 9.59 Å². The molecule has 2 amide bonds. The van der Waals surface area contributed by atoms with E-state index in [4.69, 9.17) is 0 Å². The highest BCUT2D eigenvalue weighted by Crippen LogP contribution is 2.19. The van der Waals surface area contributed by atoms with Crippen LogP contribution in [0, 0.1) is 5.92 Å². The van der Waals surface area contributed by atoms with Gasteiger partial charge in [0, 0.05) is 5.69 Å². The molecule has 5 heteroatoms. The van der Waals surface area contributed by atoms with E-state index in [0.29, 0.717) is 4.88 Å². The molecule has 1 heterocycles. The minimum Gasteiger partial charge on any atom is -0.339 e. The topological polar surface area (TPSA) is 58.2 Å². The summed E-state index contributed by atoms with van der Waals surface area (Å²) in [5, 5.41) is 9.77. The molecule has 0 saturated heterocycles. The van der Waals surface area contributed by atoms with E-state index in [9.17, 15) is 9.59 Å². The first-order valence-electron chi connectivity index (χ1n) is 8.18. The summed E-state index contributed by atoms with van der Waals surface area (Å²) in [5.74, 6) is -0.457. The molecular formula is C20H20N2O2S. The molecule has 4 nitrogen and oxygen atoms in total. The maximum Gasteiger partial charge on any atom is 0.262 e. The maximum atomic E-state index is 12.7. The molecule has 25 heavy (non-hydrogen) atoms. The van der Waals surface area contributed by atoms with Crippen LogP contribution in [0.3, 0.4) is 0 Å². The second-order valence-electron chi connectivity index (χ2n) is 6.22. The number of benzene rings is 2. The lowest BCUT2D eigenvalue weighted by Gasteiger charge is -2.21. The van der Waals surface area contributed by atoms with Crippen LogP contribution in [0.1, 0.15) is 23.5 Å². The van der Waals surface area contributed by atoms with Gasteiger partial charge in [-0.05, 0) is 40.3 Å². The normalized spacial score (nSPS) is 12.1. The molecule has 2 aromatic carbocycles. The lowest BCUT2D eigenvalue weighted by atomic mass is 10.0. The summed E-state index contributed by atoms with van der Waals surface area (Å²) in [5.41, 5.74) is 0.722. The number of hydrogen-bond donors (Lipinski definition) is 2. The lowest BCUT2D eigenvalue weighted by Crippen LogP contribution is -2.46. The van der Waals surface area contributed by atoms with Crippen LogP contribution in [0.4, 0.5) is 5.69 Å². The van der Waals surface area contributed by atoms with Crippen molar-refractivity contribution in [1.29, 1.82) is 0 Å². The number of hydrogen-bond acceptors (Lipinski definition) is 3. The molecule has 1 aromatic heterocycles. The second-order valence-corrected chi connectivity index (χ2v) is 7.17. The van der Waals surface area contributed by atoms with Crippen LogP contribution < -0.4 is 10.6 Å². The largest absolute Gasteiger partial charge is 0.339 e. The molecule has 2 N–H and O–H groups in total. The fourth-order valence-corrected chi connectivity index (χ4v) is 3.27. The first-order chi connectivity index (χ1) is 12.0. The third-order valence-electron chi connectivity index (χ3n) is 4.00. The Balaban J connectivity index is 1.74. The van der Waals surface area contributed by atoms with Crippen LogP contribution in [0.2, 0.25) is 0 Å². The number of nitrogens with one attached hydrogen (secondary N) is 2. The molecule has 3 aromatic rings. The van der Waals surface area contributed by atoms with Crippen molar-refractivity contribution < 1.29 is 9.59 Å². The number of carbonyl (C=O) groups is 2. The highest BCUT2D eigenvalue weighted by molar-refractivity contribution is 7.12. The maximum absolute atomic E-state index is 12.7. The molecule has 0 spiro atoms.